The van der Waals surface area contributed by atoms with E-state index in [1.54, 1.807) is 0 Å². The lowest BCUT2D eigenvalue weighted by molar-refractivity contribution is 0.0628. The largest absolute Gasteiger partial charge is 0.354 e. The van der Waals surface area contributed by atoms with Crippen molar-refractivity contribution in [3.8, 4) is 0 Å². The highest BCUT2D eigenvalue weighted by Crippen LogP contribution is 2.30. The van der Waals surface area contributed by atoms with Crippen molar-refractivity contribution in [2.45, 2.75) is 45.6 Å². The predicted molar refractivity (Wildman–Crippen MR) is 113 cm³/mol. The third-order valence-electron chi connectivity index (χ3n) is 5.93. The zero-order valence-electron chi connectivity index (χ0n) is 16.5. The number of aryl methyl sites for hydroxylation is 2. The SMILES string of the molecule is CCc1ccc(C2CNCCN2C(=O)c2[nH]c3c(c2C)C(=O)CCC3)cc1.Cl. The van der Waals surface area contributed by atoms with Crippen LogP contribution in [0.1, 0.15) is 69.0 Å². The average Bonchev–Trinajstić information content (AvgIpc) is 3.05. The number of nitrogens with zero attached hydrogens (tertiary/aromatic N) is 1. The van der Waals surface area contributed by atoms with Crippen LogP contribution in [0.5, 0.6) is 0 Å². The first-order valence-corrected chi connectivity index (χ1v) is 9.95. The molecule has 1 aliphatic carbocycles. The third kappa shape index (κ3) is 3.61. The average molecular weight is 402 g/mol. The second-order valence-corrected chi connectivity index (χ2v) is 7.57. The van der Waals surface area contributed by atoms with Gasteiger partial charge < -0.3 is 15.2 Å². The molecule has 0 bridgehead atoms. The normalized spacial score (nSPS) is 19.1. The lowest BCUT2D eigenvalue weighted by Gasteiger charge is -2.36. The summed E-state index contributed by atoms with van der Waals surface area (Å²) in [4.78, 5) is 31.0. The van der Waals surface area contributed by atoms with Crippen molar-refractivity contribution in [3.05, 3.63) is 57.9 Å². The van der Waals surface area contributed by atoms with Crippen molar-refractivity contribution in [1.82, 2.24) is 15.2 Å². The molecule has 2 heterocycles. The van der Waals surface area contributed by atoms with E-state index in [4.69, 9.17) is 0 Å². The van der Waals surface area contributed by atoms with Crippen LogP contribution < -0.4 is 5.32 Å². The number of rotatable bonds is 3. The van der Waals surface area contributed by atoms with E-state index < -0.39 is 0 Å². The fourth-order valence-electron chi connectivity index (χ4n) is 4.35. The van der Waals surface area contributed by atoms with E-state index in [-0.39, 0.29) is 30.1 Å². The molecule has 0 spiro atoms. The van der Waals surface area contributed by atoms with Gasteiger partial charge in [0.2, 0.25) is 0 Å². The number of carbonyl (C=O) groups is 2. The maximum Gasteiger partial charge on any atom is 0.271 e. The van der Waals surface area contributed by atoms with Gasteiger partial charge in [0.05, 0.1) is 6.04 Å². The molecular weight excluding hydrogens is 374 g/mol. The van der Waals surface area contributed by atoms with E-state index in [0.717, 1.165) is 54.7 Å². The minimum Gasteiger partial charge on any atom is -0.354 e. The van der Waals surface area contributed by atoms with Gasteiger partial charge in [0.25, 0.3) is 5.91 Å². The van der Waals surface area contributed by atoms with Crippen LogP contribution in [0.3, 0.4) is 0 Å². The van der Waals surface area contributed by atoms with Gasteiger partial charge in [-0.15, -0.1) is 12.4 Å². The maximum atomic E-state index is 13.4. The molecule has 2 aliphatic rings. The van der Waals surface area contributed by atoms with Crippen molar-refractivity contribution >= 4 is 24.1 Å². The fourth-order valence-corrected chi connectivity index (χ4v) is 4.35. The number of piperazine rings is 1. The van der Waals surface area contributed by atoms with Crippen LogP contribution in [0, 0.1) is 6.92 Å². The molecule has 1 unspecified atom stereocenters. The van der Waals surface area contributed by atoms with Crippen LogP contribution in [-0.2, 0) is 12.8 Å². The van der Waals surface area contributed by atoms with E-state index in [9.17, 15) is 9.59 Å². The Kier molecular flexibility index (Phi) is 6.26. The van der Waals surface area contributed by atoms with Gasteiger partial charge in [-0.05, 0) is 42.9 Å². The molecule has 0 saturated carbocycles. The summed E-state index contributed by atoms with van der Waals surface area (Å²) in [5.41, 5.74) is 5.55. The summed E-state index contributed by atoms with van der Waals surface area (Å²) in [7, 11) is 0. The Hall–Kier alpha value is -2.11. The monoisotopic (exact) mass is 401 g/mol. The number of Topliss-reactive ketones (excluding diaryl/α,β-unsaturated/α-hetero) is 1. The number of nitrogens with one attached hydrogen (secondary N) is 2. The second-order valence-electron chi connectivity index (χ2n) is 7.57. The molecule has 1 fully saturated rings. The van der Waals surface area contributed by atoms with E-state index in [1.807, 2.05) is 11.8 Å². The van der Waals surface area contributed by atoms with Crippen molar-refractivity contribution in [2.75, 3.05) is 19.6 Å². The van der Waals surface area contributed by atoms with Gasteiger partial charge >= 0.3 is 0 Å². The molecule has 150 valence electrons. The van der Waals surface area contributed by atoms with Crippen LogP contribution >= 0.6 is 12.4 Å². The molecule has 1 aliphatic heterocycles. The number of aromatic nitrogens is 1. The minimum absolute atomic E-state index is 0. The van der Waals surface area contributed by atoms with Crippen LogP contribution in [0.25, 0.3) is 0 Å². The van der Waals surface area contributed by atoms with Crippen molar-refractivity contribution in [2.24, 2.45) is 0 Å². The van der Waals surface area contributed by atoms with E-state index in [0.29, 0.717) is 18.7 Å². The highest BCUT2D eigenvalue weighted by atomic mass is 35.5. The van der Waals surface area contributed by atoms with Crippen LogP contribution in [0.2, 0.25) is 0 Å². The van der Waals surface area contributed by atoms with Crippen molar-refractivity contribution in [3.63, 3.8) is 0 Å². The molecule has 2 aromatic rings. The van der Waals surface area contributed by atoms with Gasteiger partial charge in [-0.2, -0.15) is 0 Å². The molecule has 1 atom stereocenters. The molecule has 0 radical (unpaired) electrons. The third-order valence-corrected chi connectivity index (χ3v) is 5.93. The summed E-state index contributed by atoms with van der Waals surface area (Å²) in [5, 5.41) is 3.41. The number of carbonyl (C=O) groups excluding carboxylic acids is 2. The van der Waals surface area contributed by atoms with Crippen LogP contribution in [-0.4, -0.2) is 41.2 Å². The van der Waals surface area contributed by atoms with Gasteiger partial charge in [-0.3, -0.25) is 9.59 Å². The first kappa shape index (κ1) is 20.6. The topological polar surface area (TPSA) is 65.2 Å². The number of hydrogen-bond donors (Lipinski definition) is 2. The Bertz CT molecular complexity index is 873. The molecule has 1 aromatic carbocycles. The summed E-state index contributed by atoms with van der Waals surface area (Å²) in [6.45, 7) is 6.24. The molecule has 2 N–H and O–H groups in total. The van der Waals surface area contributed by atoms with Crippen LogP contribution in [0.4, 0.5) is 0 Å². The van der Waals surface area contributed by atoms with E-state index in [1.165, 1.54) is 5.56 Å². The zero-order chi connectivity index (χ0) is 19.0. The lowest BCUT2D eigenvalue weighted by atomic mass is 9.93. The predicted octanol–water partition coefficient (Wildman–Crippen LogP) is 3.61. The van der Waals surface area contributed by atoms with Crippen molar-refractivity contribution in [1.29, 1.82) is 0 Å². The number of amides is 1. The summed E-state index contributed by atoms with van der Waals surface area (Å²) in [6.07, 6.45) is 3.30. The number of H-pyrrole nitrogens is 1. The Labute approximate surface area is 172 Å². The Balaban J connectivity index is 0.00000225. The Morgan fingerprint density at radius 3 is 2.64 bits per heavy atom. The molecule has 1 aromatic heterocycles. The van der Waals surface area contributed by atoms with Gasteiger partial charge in [0.1, 0.15) is 5.69 Å². The molecule has 1 saturated heterocycles. The van der Waals surface area contributed by atoms with Gasteiger partial charge in [-0.25, -0.2) is 0 Å². The van der Waals surface area contributed by atoms with Gasteiger partial charge in [-0.1, -0.05) is 31.2 Å². The maximum absolute atomic E-state index is 13.4. The smallest absolute Gasteiger partial charge is 0.271 e. The summed E-state index contributed by atoms with van der Waals surface area (Å²) >= 11 is 0. The Morgan fingerprint density at radius 2 is 1.96 bits per heavy atom. The highest BCUT2D eigenvalue weighted by Gasteiger charge is 2.33. The quantitative estimate of drug-likeness (QED) is 0.825. The summed E-state index contributed by atoms with van der Waals surface area (Å²) in [5.74, 6) is 0.164. The molecule has 28 heavy (non-hydrogen) atoms. The fraction of sp³-hybridized carbons (Fsp3) is 0.455. The molecule has 5 nitrogen and oxygen atoms in total. The minimum atomic E-state index is 0. The number of aromatic amines is 1. The molecule has 4 rings (SSSR count). The zero-order valence-corrected chi connectivity index (χ0v) is 17.3. The number of hydrogen-bond acceptors (Lipinski definition) is 3. The van der Waals surface area contributed by atoms with E-state index >= 15 is 0 Å². The first-order chi connectivity index (χ1) is 13.1. The van der Waals surface area contributed by atoms with Gasteiger partial charge in [0.15, 0.2) is 5.78 Å². The molecule has 6 heteroatoms. The summed E-state index contributed by atoms with van der Waals surface area (Å²) < 4.78 is 0. The number of fused-ring (bicyclic) bond motifs is 1. The van der Waals surface area contributed by atoms with E-state index in [2.05, 4.69) is 41.5 Å². The molecule has 1 amide bonds. The standard InChI is InChI=1S/C22H27N3O2.ClH/c1-3-15-7-9-16(10-8-15)18-13-23-11-12-25(18)22(27)21-14(2)20-17(24-21)5-4-6-19(20)26;/h7-10,18,23-24H,3-6,11-13H2,1-2H3;1H. The highest BCUT2D eigenvalue weighted by molar-refractivity contribution is 6.04. The van der Waals surface area contributed by atoms with Gasteiger partial charge in [0, 0.05) is 37.3 Å². The first-order valence-electron chi connectivity index (χ1n) is 9.95. The lowest BCUT2D eigenvalue weighted by Crippen LogP contribution is -2.49. The number of benzene rings is 1. The Morgan fingerprint density at radius 1 is 1.21 bits per heavy atom. The number of halogens is 1. The second kappa shape index (κ2) is 8.50. The van der Waals surface area contributed by atoms with Crippen LogP contribution in [0.15, 0.2) is 24.3 Å². The summed E-state index contributed by atoms with van der Waals surface area (Å²) in [6, 6.07) is 8.56. The number of ketones is 1. The van der Waals surface area contributed by atoms with Crippen molar-refractivity contribution < 1.29 is 9.59 Å². The molecular formula is C22H28ClN3O2.